The summed E-state index contributed by atoms with van der Waals surface area (Å²) in [7, 11) is -3.30. The number of esters is 1. The molecule has 2 aliphatic heterocycles. The molecule has 0 fully saturated rings. The van der Waals surface area contributed by atoms with Gasteiger partial charge in [0, 0.05) is 36.3 Å². The van der Waals surface area contributed by atoms with Gasteiger partial charge in [0.25, 0.3) is 10.0 Å². The Labute approximate surface area is 407 Å². The van der Waals surface area contributed by atoms with E-state index in [4.69, 9.17) is 53.8 Å². The molecule has 1 N–H and O–H groups in total. The summed E-state index contributed by atoms with van der Waals surface area (Å²) >= 11 is 19.4. The smallest absolute Gasteiger partial charge is 0.328 e. The van der Waals surface area contributed by atoms with Crippen molar-refractivity contribution in [3.05, 3.63) is 151 Å². The minimum absolute atomic E-state index is 0.0656. The molecule has 3 atom stereocenters. The van der Waals surface area contributed by atoms with Crippen LogP contribution in [0.15, 0.2) is 108 Å². The molecule has 6 aromatic rings. The molecule has 8 rings (SSSR count). The molecule has 2 amide bonds. The van der Waals surface area contributed by atoms with Crippen molar-refractivity contribution in [2.45, 2.75) is 70.0 Å². The van der Waals surface area contributed by atoms with Gasteiger partial charge in [-0.15, -0.1) is 11.3 Å². The molecule has 1 unspecified atom stereocenters. The van der Waals surface area contributed by atoms with Crippen LogP contribution in [0.5, 0.6) is 17.2 Å². The number of amides is 2. The van der Waals surface area contributed by atoms with Gasteiger partial charge in [0.1, 0.15) is 31.0 Å². The second-order valence-corrected chi connectivity index (χ2v) is 20.2. The van der Waals surface area contributed by atoms with Crippen molar-refractivity contribution in [2.75, 3.05) is 25.2 Å². The van der Waals surface area contributed by atoms with Crippen LogP contribution in [0.4, 0.5) is 5.13 Å². The van der Waals surface area contributed by atoms with Crippen LogP contribution < -0.4 is 24.4 Å². The summed E-state index contributed by atoms with van der Waals surface area (Å²) in [6, 6.07) is 28.7. The summed E-state index contributed by atoms with van der Waals surface area (Å²) in [5.41, 5.74) is 5.54. The summed E-state index contributed by atoms with van der Waals surface area (Å²) < 4.78 is 54.7. The Kier molecular flexibility index (Phi) is 14.5. The number of hydrogen-bond acceptors (Lipinski definition) is 11. The summed E-state index contributed by atoms with van der Waals surface area (Å²) in [6.45, 7) is 5.25. The fourth-order valence-corrected chi connectivity index (χ4v) is 11.4. The fourth-order valence-electron chi connectivity index (χ4n) is 7.98. The molecular formula is C49H45Cl3N4O9S2. The topological polar surface area (TPSA) is 154 Å². The van der Waals surface area contributed by atoms with Crippen LogP contribution in [0.2, 0.25) is 15.1 Å². The number of nitrogens with one attached hydrogen (secondary N) is 1. The van der Waals surface area contributed by atoms with Crippen LogP contribution in [0.25, 0.3) is 11.1 Å². The van der Waals surface area contributed by atoms with E-state index in [9.17, 15) is 22.8 Å². The van der Waals surface area contributed by atoms with Crippen molar-refractivity contribution >= 4 is 79.1 Å². The number of anilines is 1. The van der Waals surface area contributed by atoms with Gasteiger partial charge in [-0.2, -0.15) is 4.31 Å². The highest BCUT2D eigenvalue weighted by Gasteiger charge is 2.44. The molecule has 2 aliphatic rings. The zero-order valence-electron chi connectivity index (χ0n) is 36.8. The number of aryl methyl sites for hydroxylation is 1. The predicted octanol–water partition coefficient (Wildman–Crippen LogP) is 9.56. The molecule has 3 heterocycles. The highest BCUT2D eigenvalue weighted by molar-refractivity contribution is 7.89. The quantitative estimate of drug-likeness (QED) is 0.104. The van der Waals surface area contributed by atoms with Gasteiger partial charge in [0.05, 0.1) is 17.2 Å². The van der Waals surface area contributed by atoms with Crippen LogP contribution in [-0.4, -0.2) is 67.8 Å². The second-order valence-electron chi connectivity index (χ2n) is 16.0. The van der Waals surface area contributed by atoms with Gasteiger partial charge >= 0.3 is 5.97 Å². The summed E-state index contributed by atoms with van der Waals surface area (Å²) in [5, 5.41) is 4.28. The Bertz CT molecular complexity index is 2930. The van der Waals surface area contributed by atoms with Crippen LogP contribution in [-0.2, 0) is 55.1 Å². The lowest BCUT2D eigenvalue weighted by molar-refractivity contribution is -0.145. The molecule has 5 aromatic carbocycles. The monoisotopic (exact) mass is 1000 g/mol. The zero-order valence-corrected chi connectivity index (χ0v) is 40.7. The van der Waals surface area contributed by atoms with Crippen molar-refractivity contribution in [1.82, 2.24) is 14.6 Å². The summed E-state index contributed by atoms with van der Waals surface area (Å²) in [5.74, 6) is -0.250. The van der Waals surface area contributed by atoms with E-state index in [1.54, 1.807) is 50.2 Å². The molecule has 18 heteroatoms. The number of aromatic nitrogens is 1. The lowest BCUT2D eigenvalue weighted by Gasteiger charge is -2.36. The van der Waals surface area contributed by atoms with Crippen LogP contribution in [0, 0.1) is 6.92 Å². The molecule has 0 aliphatic carbocycles. The molecule has 0 saturated heterocycles. The summed E-state index contributed by atoms with van der Waals surface area (Å²) in [6.07, 6.45) is -0.506. The normalized spacial score (nSPS) is 16.1. The maximum Gasteiger partial charge on any atom is 0.328 e. The van der Waals surface area contributed by atoms with Crippen molar-refractivity contribution in [3.63, 3.8) is 0 Å². The Hall–Kier alpha value is -5.68. The molecule has 13 nitrogen and oxygen atoms in total. The number of rotatable bonds is 14. The molecule has 0 spiro atoms. The number of ether oxygens (including phenoxy) is 4. The molecule has 0 radical (unpaired) electrons. The predicted molar refractivity (Wildman–Crippen MR) is 258 cm³/mol. The SMILES string of the molecule is CCN(C(C)=O)c1nc(S(=O)(=O)N2Cc3cc4c(cc3CC2C(=O)N[C@@H](Cc2ccc(-c3ccc(Cl)cc3)cc2)C(=O)OC)OC[C@H](c2ccc(OCc3ccc(Cl)c(Cl)c3)cc2)O4)c(C)s1. The number of thiazole rings is 1. The van der Waals surface area contributed by atoms with Gasteiger partial charge in [0.2, 0.25) is 11.8 Å². The number of carbonyl (C=O) groups is 3. The average Bonchev–Trinajstić information content (AvgIpc) is 3.72. The number of fused-ring (bicyclic) bond motifs is 2. The Morgan fingerprint density at radius 1 is 0.896 bits per heavy atom. The van der Waals surface area contributed by atoms with E-state index in [-0.39, 0.29) is 48.6 Å². The van der Waals surface area contributed by atoms with Gasteiger partial charge in [-0.3, -0.25) is 14.5 Å². The van der Waals surface area contributed by atoms with Crippen molar-refractivity contribution in [3.8, 4) is 28.4 Å². The first-order valence-electron chi connectivity index (χ1n) is 21.2. The van der Waals surface area contributed by atoms with Crippen LogP contribution >= 0.6 is 46.1 Å². The number of carbonyl (C=O) groups excluding carboxylic acids is 3. The Morgan fingerprint density at radius 3 is 2.22 bits per heavy atom. The highest BCUT2D eigenvalue weighted by Crippen LogP contribution is 2.42. The van der Waals surface area contributed by atoms with Gasteiger partial charge < -0.3 is 24.3 Å². The number of benzene rings is 5. The van der Waals surface area contributed by atoms with Gasteiger partial charge in [-0.25, -0.2) is 18.2 Å². The molecule has 0 saturated carbocycles. The molecule has 1 aromatic heterocycles. The van der Waals surface area contributed by atoms with E-state index >= 15 is 0 Å². The molecule has 0 bridgehead atoms. The standard InChI is InChI=1S/C49H45Cl3N4O9S2/c1-5-55(29(3)57)49-54-47(28(2)66-49)67(60,61)56-25-36-24-44-43(64-27-45(65-44)34-13-17-38(18-14-34)63-26-31-8-19-39(51)40(52)20-31)23-35(36)22-42(56)46(58)53-41(48(59)62-4)21-30-6-9-32(10-7-30)33-11-15-37(50)16-12-33/h6-20,23-24,41-42,45H,5,21-22,25-27H2,1-4H3,(H,53,58)/t41-,42?,45+/m0/s1. The minimum atomic E-state index is -4.52. The third-order valence-electron chi connectivity index (χ3n) is 11.6. The van der Waals surface area contributed by atoms with Crippen LogP contribution in [0.1, 0.15) is 52.6 Å². The molecular weight excluding hydrogens is 959 g/mol. The van der Waals surface area contributed by atoms with Crippen molar-refractivity contribution in [2.24, 2.45) is 0 Å². The maximum absolute atomic E-state index is 14.9. The van der Waals surface area contributed by atoms with Gasteiger partial charge in [-0.1, -0.05) is 89.4 Å². The first-order valence-corrected chi connectivity index (χ1v) is 24.6. The number of methoxy groups -OCH3 is 1. The summed E-state index contributed by atoms with van der Waals surface area (Å²) in [4.78, 5) is 46.5. The number of nitrogens with zero attached hydrogens (tertiary/aromatic N) is 3. The lowest BCUT2D eigenvalue weighted by atomic mass is 9.94. The average molecular weight is 1000 g/mol. The van der Waals surface area contributed by atoms with Crippen LogP contribution in [0.3, 0.4) is 0 Å². The van der Waals surface area contributed by atoms with E-state index in [1.165, 1.54) is 18.9 Å². The van der Waals surface area contributed by atoms with E-state index in [2.05, 4.69) is 10.3 Å². The lowest BCUT2D eigenvalue weighted by Crippen LogP contribution is -2.56. The Morgan fingerprint density at radius 2 is 1.57 bits per heavy atom. The van der Waals surface area contributed by atoms with E-state index < -0.39 is 40.1 Å². The van der Waals surface area contributed by atoms with Crippen molar-refractivity contribution in [1.29, 1.82) is 0 Å². The van der Waals surface area contributed by atoms with E-state index in [0.29, 0.717) is 54.9 Å². The number of halogens is 3. The first kappa shape index (κ1) is 47.8. The number of hydrogen-bond donors (Lipinski definition) is 1. The maximum atomic E-state index is 14.9. The molecule has 67 heavy (non-hydrogen) atoms. The third kappa shape index (κ3) is 10.6. The Balaban J connectivity index is 1.05. The number of sulfonamides is 1. The minimum Gasteiger partial charge on any atom is -0.489 e. The van der Waals surface area contributed by atoms with E-state index in [0.717, 1.165) is 43.5 Å². The van der Waals surface area contributed by atoms with Gasteiger partial charge in [0.15, 0.2) is 27.8 Å². The highest BCUT2D eigenvalue weighted by atomic mass is 35.5. The second kappa shape index (κ2) is 20.3. The molecule has 348 valence electrons. The van der Waals surface area contributed by atoms with Crippen molar-refractivity contribution < 1.29 is 41.7 Å². The largest absolute Gasteiger partial charge is 0.489 e. The fraction of sp³-hybridized carbons (Fsp3) is 0.265. The zero-order chi connectivity index (χ0) is 47.6. The first-order chi connectivity index (χ1) is 32.1. The van der Waals surface area contributed by atoms with Gasteiger partial charge in [-0.05, 0) is 108 Å². The third-order valence-corrected chi connectivity index (χ3v) is 15.6. The van der Waals surface area contributed by atoms with E-state index in [1.807, 2.05) is 66.7 Å².